The highest BCUT2D eigenvalue weighted by Gasteiger charge is 2.13. The summed E-state index contributed by atoms with van der Waals surface area (Å²) in [6.45, 7) is 0. The zero-order valence-corrected chi connectivity index (χ0v) is 20.1. The number of benzene rings is 4. The van der Waals surface area contributed by atoms with Crippen molar-refractivity contribution in [3.63, 3.8) is 0 Å². The third-order valence-electron chi connectivity index (χ3n) is 5.56. The summed E-state index contributed by atoms with van der Waals surface area (Å²) in [4.78, 5) is 29.9. The van der Waals surface area contributed by atoms with E-state index in [9.17, 15) is 9.59 Å². The zero-order chi connectivity index (χ0) is 25.1. The van der Waals surface area contributed by atoms with Gasteiger partial charge in [0.25, 0.3) is 11.8 Å². The largest absolute Gasteiger partial charge is 0.496 e. The number of ether oxygens (including phenoxy) is 1. The second kappa shape index (κ2) is 9.89. The fourth-order valence-electron chi connectivity index (χ4n) is 3.69. The number of nitrogens with zero attached hydrogens (tertiary/aromatic N) is 1. The zero-order valence-electron chi connectivity index (χ0n) is 19.3. The lowest BCUT2D eigenvalue weighted by atomic mass is 10.1. The van der Waals surface area contributed by atoms with Gasteiger partial charge in [0.05, 0.1) is 22.9 Å². The Kier molecular flexibility index (Phi) is 6.34. The maximum Gasteiger partial charge on any atom is 0.259 e. The van der Waals surface area contributed by atoms with E-state index in [1.807, 2.05) is 48.5 Å². The maximum absolute atomic E-state index is 12.6. The molecule has 4 N–H and O–H groups in total. The van der Waals surface area contributed by atoms with E-state index < -0.39 is 0 Å². The molecule has 0 unspecified atom stereocenters. The molecule has 0 aliphatic heterocycles. The van der Waals surface area contributed by atoms with Crippen LogP contribution in [0.15, 0.2) is 91.0 Å². The molecule has 178 valence electrons. The van der Waals surface area contributed by atoms with E-state index in [4.69, 9.17) is 15.5 Å². The summed E-state index contributed by atoms with van der Waals surface area (Å²) in [5.74, 6) is 0.0729. The fourth-order valence-corrected chi connectivity index (χ4v) is 4.70. The van der Waals surface area contributed by atoms with E-state index >= 15 is 0 Å². The van der Waals surface area contributed by atoms with Crippen molar-refractivity contribution >= 4 is 50.4 Å². The van der Waals surface area contributed by atoms with E-state index in [0.29, 0.717) is 33.9 Å². The first-order valence-corrected chi connectivity index (χ1v) is 11.9. The van der Waals surface area contributed by atoms with E-state index in [2.05, 4.69) is 10.6 Å². The van der Waals surface area contributed by atoms with Crippen molar-refractivity contribution in [1.82, 2.24) is 4.98 Å². The summed E-state index contributed by atoms with van der Waals surface area (Å²) < 4.78 is 6.22. The van der Waals surface area contributed by atoms with Gasteiger partial charge in [0.15, 0.2) is 0 Å². The fraction of sp³-hybridized carbons (Fsp3) is 0.0357. The van der Waals surface area contributed by atoms with E-state index in [1.54, 1.807) is 42.5 Å². The molecule has 0 aliphatic carbocycles. The van der Waals surface area contributed by atoms with Crippen LogP contribution in [0.1, 0.15) is 20.7 Å². The van der Waals surface area contributed by atoms with Crippen LogP contribution in [0.4, 0.5) is 17.1 Å². The van der Waals surface area contributed by atoms with Crippen molar-refractivity contribution in [2.45, 2.75) is 0 Å². The lowest BCUT2D eigenvalue weighted by Crippen LogP contribution is -2.12. The first-order valence-electron chi connectivity index (χ1n) is 11.1. The number of nitrogens with one attached hydrogen (secondary N) is 2. The summed E-state index contributed by atoms with van der Waals surface area (Å²) in [6.07, 6.45) is 0. The second-order valence-corrected chi connectivity index (χ2v) is 9.04. The van der Waals surface area contributed by atoms with Crippen molar-refractivity contribution in [3.8, 4) is 16.3 Å². The molecular formula is C28H22N4O3S. The Morgan fingerprint density at radius 3 is 2.28 bits per heavy atom. The summed E-state index contributed by atoms with van der Waals surface area (Å²) in [5.41, 5.74) is 10.4. The number of methoxy groups -OCH3 is 1. The van der Waals surface area contributed by atoms with Crippen LogP contribution >= 0.6 is 11.3 Å². The number of hydrogen-bond acceptors (Lipinski definition) is 6. The van der Waals surface area contributed by atoms with Crippen LogP contribution in [0.3, 0.4) is 0 Å². The summed E-state index contributed by atoms with van der Waals surface area (Å²) in [5, 5.41) is 6.66. The highest BCUT2D eigenvalue weighted by atomic mass is 32.1. The number of nitrogen functional groups attached to an aromatic ring is 1. The van der Waals surface area contributed by atoms with E-state index in [0.717, 1.165) is 20.8 Å². The molecule has 5 aromatic rings. The van der Waals surface area contributed by atoms with Gasteiger partial charge in [-0.15, -0.1) is 11.3 Å². The Balaban J connectivity index is 1.30. The number of anilines is 3. The number of rotatable bonds is 6. The highest BCUT2D eigenvalue weighted by Crippen LogP contribution is 2.32. The van der Waals surface area contributed by atoms with E-state index in [-0.39, 0.29) is 11.8 Å². The lowest BCUT2D eigenvalue weighted by molar-refractivity contribution is 0.101. The van der Waals surface area contributed by atoms with Crippen LogP contribution in [0.5, 0.6) is 5.75 Å². The summed E-state index contributed by atoms with van der Waals surface area (Å²) >= 11 is 1.53. The summed E-state index contributed by atoms with van der Waals surface area (Å²) in [7, 11) is 1.54. The van der Waals surface area contributed by atoms with Gasteiger partial charge in [0.2, 0.25) is 0 Å². The number of thiazole rings is 1. The third kappa shape index (κ3) is 4.89. The molecule has 7 nitrogen and oxygen atoms in total. The molecule has 8 heteroatoms. The smallest absolute Gasteiger partial charge is 0.259 e. The SMILES string of the molecule is COc1ccccc1C(=O)Nc1ccc(-c2nc3ccc(NC(=O)c4ccc(N)cc4)cc3s2)cc1. The maximum atomic E-state index is 12.6. The van der Waals surface area contributed by atoms with Crippen molar-refractivity contribution in [3.05, 3.63) is 102 Å². The quantitative estimate of drug-likeness (QED) is 0.249. The second-order valence-electron chi connectivity index (χ2n) is 8.01. The standard InChI is InChI=1S/C28H22N4O3S/c1-35-24-5-3-2-4-22(24)27(34)30-20-12-8-18(9-13-20)28-32-23-15-14-21(16-25(23)36-28)31-26(33)17-6-10-19(29)11-7-17/h2-16H,29H2,1H3,(H,30,34)(H,31,33). The van der Waals surface area contributed by atoms with Gasteiger partial charge in [-0.3, -0.25) is 9.59 Å². The number of nitrogens with two attached hydrogens (primary N) is 1. The van der Waals surface area contributed by atoms with Crippen LogP contribution < -0.4 is 21.1 Å². The Labute approximate surface area is 211 Å². The molecule has 1 heterocycles. The van der Waals surface area contributed by atoms with Gasteiger partial charge in [0, 0.05) is 28.2 Å². The summed E-state index contributed by atoms with van der Waals surface area (Å²) in [6, 6.07) is 27.0. The van der Waals surface area contributed by atoms with Crippen molar-refractivity contribution in [2.24, 2.45) is 0 Å². The minimum absolute atomic E-state index is 0.204. The molecule has 4 aromatic carbocycles. The molecule has 0 radical (unpaired) electrons. The van der Waals surface area contributed by atoms with Crippen molar-refractivity contribution in [2.75, 3.05) is 23.5 Å². The third-order valence-corrected chi connectivity index (χ3v) is 6.63. The number of para-hydroxylation sites is 1. The van der Waals surface area contributed by atoms with Crippen LogP contribution in [-0.2, 0) is 0 Å². The number of aromatic nitrogens is 1. The van der Waals surface area contributed by atoms with Gasteiger partial charge in [-0.2, -0.15) is 0 Å². The number of fused-ring (bicyclic) bond motifs is 1. The molecule has 1 aromatic heterocycles. The minimum atomic E-state index is -0.242. The van der Waals surface area contributed by atoms with Gasteiger partial charge in [-0.25, -0.2) is 4.98 Å². The number of hydrogen-bond donors (Lipinski definition) is 3. The normalized spacial score (nSPS) is 10.7. The van der Waals surface area contributed by atoms with Gasteiger partial charge in [0.1, 0.15) is 10.8 Å². The minimum Gasteiger partial charge on any atom is -0.496 e. The molecule has 2 amide bonds. The van der Waals surface area contributed by atoms with Crippen molar-refractivity contribution in [1.29, 1.82) is 0 Å². The lowest BCUT2D eigenvalue weighted by Gasteiger charge is -2.09. The van der Waals surface area contributed by atoms with Crippen molar-refractivity contribution < 1.29 is 14.3 Å². The Morgan fingerprint density at radius 1 is 0.833 bits per heavy atom. The Hall–Kier alpha value is -4.69. The van der Waals surface area contributed by atoms with Crippen LogP contribution in [0, 0.1) is 0 Å². The number of amides is 2. The average molecular weight is 495 g/mol. The van der Waals surface area contributed by atoms with Crippen LogP contribution in [-0.4, -0.2) is 23.9 Å². The van der Waals surface area contributed by atoms with Crippen LogP contribution in [0.2, 0.25) is 0 Å². The Morgan fingerprint density at radius 2 is 1.53 bits per heavy atom. The average Bonchev–Trinajstić information content (AvgIpc) is 3.33. The first kappa shape index (κ1) is 23.1. The highest BCUT2D eigenvalue weighted by molar-refractivity contribution is 7.21. The topological polar surface area (TPSA) is 106 Å². The van der Waals surface area contributed by atoms with Gasteiger partial charge >= 0.3 is 0 Å². The molecule has 0 aliphatic rings. The molecular weight excluding hydrogens is 472 g/mol. The first-order chi connectivity index (χ1) is 17.5. The van der Waals surface area contributed by atoms with Gasteiger partial charge in [-0.1, -0.05) is 12.1 Å². The number of carbonyl (C=O) groups excluding carboxylic acids is 2. The molecule has 5 rings (SSSR count). The molecule has 0 saturated heterocycles. The monoisotopic (exact) mass is 494 g/mol. The van der Waals surface area contributed by atoms with Gasteiger partial charge < -0.3 is 21.1 Å². The molecule has 0 atom stereocenters. The van der Waals surface area contributed by atoms with Crippen LogP contribution in [0.25, 0.3) is 20.8 Å². The molecule has 0 fully saturated rings. The van der Waals surface area contributed by atoms with Gasteiger partial charge in [-0.05, 0) is 78.9 Å². The number of carbonyl (C=O) groups is 2. The predicted molar refractivity (Wildman–Crippen MR) is 145 cm³/mol. The molecule has 0 saturated carbocycles. The predicted octanol–water partition coefficient (Wildman–Crippen LogP) is 6.06. The molecule has 0 bridgehead atoms. The molecule has 36 heavy (non-hydrogen) atoms. The Bertz CT molecular complexity index is 1560. The van der Waals surface area contributed by atoms with E-state index in [1.165, 1.54) is 18.4 Å². The molecule has 0 spiro atoms.